The summed E-state index contributed by atoms with van der Waals surface area (Å²) < 4.78 is 6.94. The highest BCUT2D eigenvalue weighted by atomic mass is 16.6. The lowest BCUT2D eigenvalue weighted by Gasteiger charge is -2.36. The largest absolute Gasteiger partial charge is 0.437 e. The van der Waals surface area contributed by atoms with E-state index in [1.165, 1.54) is 10.4 Å². The van der Waals surface area contributed by atoms with Crippen LogP contribution in [0.15, 0.2) is 42.6 Å². The Bertz CT molecular complexity index is 1090. The molecule has 2 aromatic carbocycles. The van der Waals surface area contributed by atoms with Crippen molar-refractivity contribution in [2.75, 3.05) is 29.0 Å². The molecule has 1 aromatic heterocycles. The summed E-state index contributed by atoms with van der Waals surface area (Å²) >= 11 is 0. The molecular formula is C22H25N5O2. The van der Waals surface area contributed by atoms with Crippen molar-refractivity contribution < 1.29 is 9.53 Å². The van der Waals surface area contributed by atoms with E-state index in [1.54, 1.807) is 6.20 Å². The highest BCUT2D eigenvalue weighted by Gasteiger charge is 2.36. The Morgan fingerprint density at radius 3 is 2.83 bits per heavy atom. The summed E-state index contributed by atoms with van der Waals surface area (Å²) in [5.41, 5.74) is 9.96. The molecule has 2 aliphatic heterocycles. The Morgan fingerprint density at radius 2 is 2.03 bits per heavy atom. The molecule has 0 saturated carbocycles. The second kappa shape index (κ2) is 6.40. The maximum atomic E-state index is 12.2. The van der Waals surface area contributed by atoms with E-state index in [9.17, 15) is 4.79 Å². The van der Waals surface area contributed by atoms with Crippen LogP contribution in [-0.4, -0.2) is 35.0 Å². The fourth-order valence-electron chi connectivity index (χ4n) is 4.42. The van der Waals surface area contributed by atoms with Crippen LogP contribution in [0.4, 0.5) is 21.9 Å². The molecule has 0 aliphatic carbocycles. The maximum absolute atomic E-state index is 12.2. The summed E-state index contributed by atoms with van der Waals surface area (Å²) in [7, 11) is 0. The fourth-order valence-corrected chi connectivity index (χ4v) is 4.42. The average molecular weight is 391 g/mol. The van der Waals surface area contributed by atoms with E-state index in [1.807, 2.05) is 26.0 Å². The number of nitrogens with two attached hydrogens (primary N) is 1. The molecule has 3 aromatic rings. The fraction of sp³-hybridized carbons (Fsp3) is 0.364. The molecule has 0 spiro atoms. The van der Waals surface area contributed by atoms with Gasteiger partial charge in [-0.2, -0.15) is 9.78 Å². The summed E-state index contributed by atoms with van der Waals surface area (Å²) in [6.07, 6.45) is 3.53. The number of hydrogen-bond donors (Lipinski definition) is 2. The number of piperidine rings is 1. The van der Waals surface area contributed by atoms with Crippen molar-refractivity contribution in [2.24, 2.45) is 0 Å². The molecule has 7 heteroatoms. The van der Waals surface area contributed by atoms with Gasteiger partial charge in [-0.3, -0.25) is 0 Å². The third-order valence-corrected chi connectivity index (χ3v) is 5.88. The number of nitrogens with one attached hydrogen (secondary N) is 1. The van der Waals surface area contributed by atoms with Crippen LogP contribution in [0.5, 0.6) is 0 Å². The number of nitrogen functional groups attached to an aromatic ring is 1. The van der Waals surface area contributed by atoms with E-state index in [2.05, 4.69) is 39.6 Å². The molecule has 0 bridgehead atoms. The molecule has 0 radical (unpaired) electrons. The SMILES string of the molecule is CC1(C)OC(=O)n2ncc3cc(NC4CCCN(c5ccc(N)cc5)C4)cc1c32. The van der Waals surface area contributed by atoms with Crippen molar-refractivity contribution in [3.05, 3.63) is 48.2 Å². The van der Waals surface area contributed by atoms with Crippen LogP contribution in [0, 0.1) is 0 Å². The molecule has 3 N–H and O–H groups in total. The second-order valence-corrected chi connectivity index (χ2v) is 8.42. The predicted octanol–water partition coefficient (Wildman–Crippen LogP) is 3.93. The third kappa shape index (κ3) is 3.06. The number of nitrogens with zero attached hydrogens (tertiary/aromatic N) is 3. The Balaban J connectivity index is 1.42. The van der Waals surface area contributed by atoms with Gasteiger partial charge in [-0.15, -0.1) is 0 Å². The first-order chi connectivity index (χ1) is 13.9. The van der Waals surface area contributed by atoms with E-state index in [4.69, 9.17) is 10.5 Å². The number of aromatic nitrogens is 2. The first-order valence-electron chi connectivity index (χ1n) is 10.0. The van der Waals surface area contributed by atoms with Crippen LogP contribution in [0.1, 0.15) is 32.3 Å². The summed E-state index contributed by atoms with van der Waals surface area (Å²) in [5.74, 6) is 0. The Hall–Kier alpha value is -3.22. The van der Waals surface area contributed by atoms with Gasteiger partial charge in [-0.1, -0.05) is 0 Å². The van der Waals surface area contributed by atoms with E-state index in [0.29, 0.717) is 6.04 Å². The van der Waals surface area contributed by atoms with E-state index in [0.717, 1.165) is 53.8 Å². The minimum absolute atomic E-state index is 0.329. The smallest absolute Gasteiger partial charge is 0.436 e. The van der Waals surface area contributed by atoms with Gasteiger partial charge < -0.3 is 20.7 Å². The van der Waals surface area contributed by atoms with Crippen LogP contribution in [-0.2, 0) is 10.3 Å². The molecule has 1 fully saturated rings. The average Bonchev–Trinajstić information content (AvgIpc) is 3.11. The molecule has 5 rings (SSSR count). The van der Waals surface area contributed by atoms with Crippen LogP contribution < -0.4 is 16.0 Å². The van der Waals surface area contributed by atoms with Gasteiger partial charge in [0.1, 0.15) is 5.60 Å². The number of benzene rings is 2. The number of carbonyl (C=O) groups is 1. The minimum Gasteiger partial charge on any atom is -0.437 e. The van der Waals surface area contributed by atoms with E-state index in [-0.39, 0.29) is 0 Å². The molecule has 7 nitrogen and oxygen atoms in total. The predicted molar refractivity (Wildman–Crippen MR) is 114 cm³/mol. The van der Waals surface area contributed by atoms with Crippen molar-refractivity contribution in [3.63, 3.8) is 0 Å². The highest BCUT2D eigenvalue weighted by molar-refractivity contribution is 5.94. The summed E-state index contributed by atoms with van der Waals surface area (Å²) in [5, 5.41) is 8.86. The molecule has 0 amide bonds. The number of rotatable bonds is 3. The maximum Gasteiger partial charge on any atom is 0.436 e. The third-order valence-electron chi connectivity index (χ3n) is 5.88. The van der Waals surface area contributed by atoms with Crippen LogP contribution in [0.2, 0.25) is 0 Å². The van der Waals surface area contributed by atoms with Gasteiger partial charge in [0.25, 0.3) is 0 Å². The lowest BCUT2D eigenvalue weighted by molar-refractivity contribution is 0.0307. The summed E-state index contributed by atoms with van der Waals surface area (Å²) in [6.45, 7) is 5.81. The van der Waals surface area contributed by atoms with Crippen molar-refractivity contribution >= 4 is 34.1 Å². The quantitative estimate of drug-likeness (QED) is 0.658. The first-order valence-corrected chi connectivity index (χ1v) is 10.0. The molecule has 29 heavy (non-hydrogen) atoms. The summed E-state index contributed by atoms with van der Waals surface area (Å²) in [4.78, 5) is 14.6. The van der Waals surface area contributed by atoms with Gasteiger partial charge in [0, 0.05) is 47.1 Å². The molecule has 1 unspecified atom stereocenters. The lowest BCUT2D eigenvalue weighted by Crippen LogP contribution is -2.42. The molecule has 150 valence electrons. The topological polar surface area (TPSA) is 85.4 Å². The van der Waals surface area contributed by atoms with Crippen LogP contribution in [0.25, 0.3) is 10.9 Å². The van der Waals surface area contributed by atoms with Gasteiger partial charge in [0.2, 0.25) is 0 Å². The van der Waals surface area contributed by atoms with Crippen molar-refractivity contribution in [2.45, 2.75) is 38.3 Å². The number of carbonyl (C=O) groups excluding carboxylic acids is 1. The van der Waals surface area contributed by atoms with Crippen LogP contribution >= 0.6 is 0 Å². The van der Waals surface area contributed by atoms with Crippen molar-refractivity contribution in [1.82, 2.24) is 9.78 Å². The molecule has 2 aliphatic rings. The highest BCUT2D eigenvalue weighted by Crippen LogP contribution is 2.38. The first kappa shape index (κ1) is 17.8. The normalized spacial score (nSPS) is 20.6. The zero-order valence-corrected chi connectivity index (χ0v) is 16.7. The zero-order valence-electron chi connectivity index (χ0n) is 16.7. The van der Waals surface area contributed by atoms with Crippen molar-refractivity contribution in [3.8, 4) is 0 Å². The summed E-state index contributed by atoms with van der Waals surface area (Å²) in [6, 6.07) is 12.6. The molecule has 3 heterocycles. The number of hydrogen-bond acceptors (Lipinski definition) is 6. The molecular weight excluding hydrogens is 366 g/mol. The van der Waals surface area contributed by atoms with Gasteiger partial charge >= 0.3 is 6.09 Å². The van der Waals surface area contributed by atoms with E-state index >= 15 is 0 Å². The number of ether oxygens (including phenoxy) is 1. The Labute approximate surface area is 169 Å². The van der Waals surface area contributed by atoms with Crippen LogP contribution in [0.3, 0.4) is 0 Å². The van der Waals surface area contributed by atoms with Gasteiger partial charge in [0.15, 0.2) is 0 Å². The second-order valence-electron chi connectivity index (χ2n) is 8.42. The lowest BCUT2D eigenvalue weighted by atomic mass is 9.93. The molecule has 1 atom stereocenters. The Kier molecular flexibility index (Phi) is 3.94. The standard InChI is InChI=1S/C22H25N5O2/c1-22(2)19-11-17(10-14-12-24-27(20(14)19)21(28)29-22)25-16-4-3-9-26(13-16)18-7-5-15(23)6-8-18/h5-8,10-12,16,25H,3-4,9,13,23H2,1-2H3. The molecule has 1 saturated heterocycles. The van der Waals surface area contributed by atoms with Crippen molar-refractivity contribution in [1.29, 1.82) is 0 Å². The monoisotopic (exact) mass is 391 g/mol. The number of anilines is 3. The Morgan fingerprint density at radius 1 is 1.24 bits per heavy atom. The van der Waals surface area contributed by atoms with Gasteiger partial charge in [-0.05, 0) is 63.1 Å². The number of cyclic esters (lactones) is 1. The van der Waals surface area contributed by atoms with E-state index < -0.39 is 11.7 Å². The zero-order chi connectivity index (χ0) is 20.2. The van der Waals surface area contributed by atoms with Gasteiger partial charge in [-0.25, -0.2) is 4.79 Å². The van der Waals surface area contributed by atoms with Gasteiger partial charge in [0.05, 0.1) is 11.7 Å². The minimum atomic E-state index is -0.689.